The Bertz CT molecular complexity index is 1680. The predicted molar refractivity (Wildman–Crippen MR) is 160 cm³/mol. The van der Waals surface area contributed by atoms with Crippen LogP contribution in [-0.4, -0.2) is 57.3 Å². The van der Waals surface area contributed by atoms with Crippen LogP contribution in [0.3, 0.4) is 0 Å². The van der Waals surface area contributed by atoms with Gasteiger partial charge in [0, 0.05) is 25.7 Å². The van der Waals surface area contributed by atoms with Crippen molar-refractivity contribution in [2.24, 2.45) is 9.74 Å². The van der Waals surface area contributed by atoms with Crippen molar-refractivity contribution < 1.29 is 17.9 Å². The Morgan fingerprint density at radius 3 is 2.12 bits per heavy atom. The normalized spacial score (nSPS) is 22.9. The number of rotatable bonds is 4. The molecule has 0 unspecified atom stereocenters. The van der Waals surface area contributed by atoms with E-state index < -0.39 is 19.1 Å². The molecule has 0 bridgehead atoms. The highest BCUT2D eigenvalue weighted by molar-refractivity contribution is 7.70. The van der Waals surface area contributed by atoms with Gasteiger partial charge >= 0.3 is 6.18 Å². The molecular weight excluding hydrogens is 560 g/mol. The van der Waals surface area contributed by atoms with Gasteiger partial charge in [-0.1, -0.05) is 60.7 Å². The van der Waals surface area contributed by atoms with Crippen molar-refractivity contribution in [1.29, 1.82) is 0 Å². The molecule has 1 saturated heterocycles. The quantitative estimate of drug-likeness (QED) is 0.233. The monoisotopic (exact) mass is 592 g/mol. The van der Waals surface area contributed by atoms with Crippen LogP contribution in [0.4, 0.5) is 24.7 Å². The number of aromatic nitrogens is 2. The number of alkyl halides is 3. The molecule has 0 N–H and O–H groups in total. The molecule has 3 atom stereocenters. The number of para-hydroxylation sites is 1. The van der Waals surface area contributed by atoms with E-state index in [0.717, 1.165) is 22.6 Å². The van der Waals surface area contributed by atoms with Crippen molar-refractivity contribution in [3.05, 3.63) is 102 Å². The Kier molecular flexibility index (Phi) is 7.33. The van der Waals surface area contributed by atoms with Gasteiger partial charge in [0.1, 0.15) is 5.84 Å². The van der Waals surface area contributed by atoms with E-state index in [0.29, 0.717) is 30.4 Å². The van der Waals surface area contributed by atoms with Crippen LogP contribution in [0, 0.1) is 6.92 Å². The van der Waals surface area contributed by atoms with Gasteiger partial charge in [0.2, 0.25) is 0 Å². The first-order valence-electron chi connectivity index (χ1n) is 13.8. The summed E-state index contributed by atoms with van der Waals surface area (Å²) in [6, 6.07) is 24.9. The van der Waals surface area contributed by atoms with Crippen molar-refractivity contribution in [3.63, 3.8) is 0 Å². The average molecular weight is 593 g/mol. The molecule has 0 amide bonds. The van der Waals surface area contributed by atoms with E-state index in [1.54, 1.807) is 10.7 Å². The third kappa shape index (κ3) is 4.87. The summed E-state index contributed by atoms with van der Waals surface area (Å²) >= 11 is 0. The van der Waals surface area contributed by atoms with Crippen molar-refractivity contribution in [1.82, 2.24) is 19.1 Å². The first-order chi connectivity index (χ1) is 20.1. The molecule has 3 heterocycles. The SMILES string of the molecule is Cc1nn(-c2ccccc2)c2c1[P@](=Nc1ccccc1C(F)(F)F)(N1C[C@H](C)O[C@@H](C)C1)N(C)C(c1ccccc1)=N2. The second kappa shape index (κ2) is 10.8. The van der Waals surface area contributed by atoms with Crippen LogP contribution in [-0.2, 0) is 10.9 Å². The molecule has 218 valence electrons. The second-order valence-electron chi connectivity index (χ2n) is 10.6. The van der Waals surface area contributed by atoms with E-state index >= 15 is 0 Å². The van der Waals surface area contributed by atoms with E-state index in [4.69, 9.17) is 19.6 Å². The van der Waals surface area contributed by atoms with Crippen LogP contribution < -0.4 is 5.30 Å². The van der Waals surface area contributed by atoms with Crippen LogP contribution in [0.15, 0.2) is 94.7 Å². The maximum atomic E-state index is 14.4. The third-order valence-electron chi connectivity index (χ3n) is 7.53. The minimum Gasteiger partial charge on any atom is -0.373 e. The summed E-state index contributed by atoms with van der Waals surface area (Å²) in [4.78, 5) is 5.17. The van der Waals surface area contributed by atoms with Crippen molar-refractivity contribution in [2.75, 3.05) is 20.1 Å². The third-order valence-corrected chi connectivity index (χ3v) is 11.3. The lowest BCUT2D eigenvalue weighted by Crippen LogP contribution is -2.50. The van der Waals surface area contributed by atoms with Crippen molar-refractivity contribution in [3.8, 4) is 5.69 Å². The summed E-state index contributed by atoms with van der Waals surface area (Å²) in [5.41, 5.74) is 1.43. The van der Waals surface area contributed by atoms with Gasteiger partial charge in [0.25, 0.3) is 0 Å². The lowest BCUT2D eigenvalue weighted by Gasteiger charge is -2.49. The first-order valence-corrected chi connectivity index (χ1v) is 15.5. The van der Waals surface area contributed by atoms with Crippen LogP contribution in [0.5, 0.6) is 0 Å². The molecule has 7 nitrogen and oxygen atoms in total. The fraction of sp³-hybridized carbons (Fsp3) is 0.290. The second-order valence-corrected chi connectivity index (χ2v) is 13.6. The smallest absolute Gasteiger partial charge is 0.373 e. The minimum absolute atomic E-state index is 0.107. The van der Waals surface area contributed by atoms with Crippen molar-refractivity contribution in [2.45, 2.75) is 39.2 Å². The molecule has 0 radical (unpaired) electrons. The zero-order valence-electron chi connectivity index (χ0n) is 23.8. The van der Waals surface area contributed by atoms with Crippen LogP contribution in [0.1, 0.15) is 30.7 Å². The van der Waals surface area contributed by atoms with Gasteiger partial charge in [0.15, 0.2) is 13.2 Å². The van der Waals surface area contributed by atoms with Gasteiger partial charge in [-0.2, -0.15) is 18.3 Å². The zero-order chi connectivity index (χ0) is 29.6. The fourth-order valence-corrected chi connectivity index (χ4v) is 9.87. The summed E-state index contributed by atoms with van der Waals surface area (Å²) < 4.78 is 60.5. The summed E-state index contributed by atoms with van der Waals surface area (Å²) in [6.07, 6.45) is -4.88. The predicted octanol–water partition coefficient (Wildman–Crippen LogP) is 7.32. The largest absolute Gasteiger partial charge is 0.418 e. The van der Waals surface area contributed by atoms with Crippen molar-refractivity contribution >= 4 is 30.0 Å². The molecule has 3 aromatic carbocycles. The zero-order valence-corrected chi connectivity index (χ0v) is 24.7. The first kappa shape index (κ1) is 28.4. The Balaban J connectivity index is 1.75. The molecule has 1 aromatic heterocycles. The standard InChI is InChI=1S/C31H32F3N6OP/c1-21-19-39(20-22(2)41-21)42(37-27-18-12-11-17-26(27)31(32,33)34)28-23(3)36-40(25-15-9-6-10-16-25)30(28)35-29(38(42)4)24-13-7-5-8-14-24/h5-18,21-22H,19-20H2,1-4H3/t21-,22-,42+/m0/s1. The average Bonchev–Trinajstić information content (AvgIpc) is 3.30. The van der Waals surface area contributed by atoms with Gasteiger partial charge in [-0.05, 0) is 45.0 Å². The molecular formula is C31H32F3N6OP. The topological polar surface area (TPSA) is 58.3 Å². The molecule has 42 heavy (non-hydrogen) atoms. The number of aliphatic imine (C=N–C) groups is 1. The number of morpholine rings is 1. The molecule has 0 spiro atoms. The highest BCUT2D eigenvalue weighted by Crippen LogP contribution is 2.63. The Hall–Kier alpha value is -3.72. The molecule has 6 rings (SSSR count). The number of nitrogens with zero attached hydrogens (tertiary/aromatic N) is 6. The van der Waals surface area contributed by atoms with Crippen LogP contribution >= 0.6 is 7.36 Å². The van der Waals surface area contributed by atoms with Gasteiger partial charge in [-0.15, -0.1) is 0 Å². The Morgan fingerprint density at radius 1 is 0.881 bits per heavy atom. The molecule has 11 heteroatoms. The fourth-order valence-electron chi connectivity index (χ4n) is 5.84. The number of amidine groups is 1. The maximum Gasteiger partial charge on any atom is 0.418 e. The highest BCUT2D eigenvalue weighted by Gasteiger charge is 2.47. The number of hydrogen-bond acceptors (Lipinski definition) is 4. The van der Waals surface area contributed by atoms with E-state index in [1.165, 1.54) is 12.1 Å². The molecule has 2 aliphatic heterocycles. The molecule has 2 aliphatic rings. The van der Waals surface area contributed by atoms with Crippen LogP contribution in [0.25, 0.3) is 5.69 Å². The molecule has 0 saturated carbocycles. The van der Waals surface area contributed by atoms with Crippen LogP contribution in [0.2, 0.25) is 0 Å². The summed E-state index contributed by atoms with van der Waals surface area (Å²) in [5.74, 6) is 1.19. The maximum absolute atomic E-state index is 14.4. The van der Waals surface area contributed by atoms with E-state index in [2.05, 4.69) is 4.67 Å². The van der Waals surface area contributed by atoms with Gasteiger partial charge in [0.05, 0.1) is 40.1 Å². The molecule has 0 aliphatic carbocycles. The van der Waals surface area contributed by atoms with E-state index in [9.17, 15) is 13.2 Å². The lowest BCUT2D eigenvalue weighted by atomic mass is 10.2. The van der Waals surface area contributed by atoms with Gasteiger partial charge < -0.3 is 9.41 Å². The number of aryl methyl sites for hydroxylation is 1. The Morgan fingerprint density at radius 2 is 1.48 bits per heavy atom. The molecule has 4 aromatic rings. The highest BCUT2D eigenvalue weighted by atomic mass is 31.2. The van der Waals surface area contributed by atoms with Gasteiger partial charge in [-0.3, -0.25) is 0 Å². The Labute approximate surface area is 243 Å². The summed E-state index contributed by atoms with van der Waals surface area (Å²) in [5, 5.41) is 5.68. The van der Waals surface area contributed by atoms with E-state index in [1.807, 2.05) is 93.2 Å². The number of hydrogen-bond donors (Lipinski definition) is 0. The van der Waals surface area contributed by atoms with E-state index in [-0.39, 0.29) is 17.9 Å². The number of ether oxygens (including phenoxy) is 1. The molecule has 1 fully saturated rings. The summed E-state index contributed by atoms with van der Waals surface area (Å²) in [7, 11) is -1.31. The van der Waals surface area contributed by atoms with Gasteiger partial charge in [-0.25, -0.2) is 19.1 Å². The number of fused-ring (bicyclic) bond motifs is 1. The lowest BCUT2D eigenvalue weighted by molar-refractivity contribution is -0.137. The summed E-state index contributed by atoms with van der Waals surface area (Å²) in [6.45, 7) is 6.83. The minimum atomic E-state index is -4.58. The number of halogens is 3. The number of benzene rings is 3.